The van der Waals surface area contributed by atoms with Crippen LogP contribution in [0.3, 0.4) is 0 Å². The van der Waals surface area contributed by atoms with E-state index >= 15 is 0 Å². The van der Waals surface area contributed by atoms with Gasteiger partial charge in [0.1, 0.15) is 11.5 Å². The van der Waals surface area contributed by atoms with Gasteiger partial charge in [0.05, 0.1) is 24.0 Å². The second-order valence-corrected chi connectivity index (χ2v) is 7.75. The molecule has 1 unspecified atom stereocenters. The third kappa shape index (κ3) is 3.91. The van der Waals surface area contributed by atoms with Crippen LogP contribution >= 0.6 is 0 Å². The van der Waals surface area contributed by atoms with E-state index in [4.69, 9.17) is 9.98 Å². The fourth-order valence-electron chi connectivity index (χ4n) is 3.37. The van der Waals surface area contributed by atoms with Crippen LogP contribution in [-0.2, 0) is 0 Å². The molecule has 4 aromatic heterocycles. The number of hydrogen-bond donors (Lipinski definition) is 4. The Hall–Kier alpha value is -3.95. The molecule has 1 saturated carbocycles. The van der Waals surface area contributed by atoms with Crippen molar-refractivity contribution in [3.63, 3.8) is 0 Å². The van der Waals surface area contributed by atoms with Gasteiger partial charge in [-0.05, 0) is 44.9 Å². The molecular weight excluding hydrogens is 396 g/mol. The third-order valence-electron chi connectivity index (χ3n) is 5.10. The first kappa shape index (κ1) is 19.0. The third-order valence-corrected chi connectivity index (χ3v) is 5.10. The first-order valence-corrected chi connectivity index (χ1v) is 10.1. The Morgan fingerprint density at radius 3 is 2.87 bits per heavy atom. The van der Waals surface area contributed by atoms with E-state index < -0.39 is 5.69 Å². The number of aryl methyl sites for hydroxylation is 1. The van der Waals surface area contributed by atoms with Gasteiger partial charge in [-0.15, -0.1) is 0 Å². The van der Waals surface area contributed by atoms with Crippen LogP contribution in [-0.4, -0.2) is 40.7 Å². The lowest BCUT2D eigenvalue weighted by Gasteiger charge is -2.14. The lowest BCUT2D eigenvalue weighted by molar-refractivity contribution is 0.454. The highest BCUT2D eigenvalue weighted by Gasteiger charge is 2.20. The van der Waals surface area contributed by atoms with E-state index in [-0.39, 0.29) is 17.6 Å². The zero-order valence-electron chi connectivity index (χ0n) is 17.1. The fraction of sp³-hybridized carbons (Fsp3) is 0.286. The molecule has 31 heavy (non-hydrogen) atoms. The van der Waals surface area contributed by atoms with Crippen molar-refractivity contribution < 1.29 is 5.11 Å². The van der Waals surface area contributed by atoms with Gasteiger partial charge in [-0.25, -0.2) is 9.78 Å². The van der Waals surface area contributed by atoms with E-state index in [0.29, 0.717) is 28.2 Å². The maximum atomic E-state index is 11.5. The minimum absolute atomic E-state index is 0.0657. The lowest BCUT2D eigenvalue weighted by atomic mass is 10.2. The first-order valence-electron chi connectivity index (χ1n) is 10.1. The molecule has 0 aliphatic heterocycles. The zero-order chi connectivity index (χ0) is 21.5. The number of pyridine rings is 1. The van der Waals surface area contributed by atoms with E-state index in [2.05, 4.69) is 25.4 Å². The topological polar surface area (TPSA) is 136 Å². The number of H-pyrrole nitrogens is 2. The highest BCUT2D eigenvalue weighted by atomic mass is 16.3. The van der Waals surface area contributed by atoms with Gasteiger partial charge in [0.2, 0.25) is 5.88 Å². The van der Waals surface area contributed by atoms with Crippen molar-refractivity contribution in [2.75, 3.05) is 5.32 Å². The maximum absolute atomic E-state index is 11.5. The van der Waals surface area contributed by atoms with Crippen LogP contribution < -0.4 is 21.7 Å². The standard InChI is InChI=1S/C21H22N8O2/c1-11-4-3-5-15(23-11)12(2)24-17-9-18(25-14-6-7-14)29-19(27-17)13(10-22-29)8-16-20(30)28-21(31)26-16/h3-5,8-10,12,14,24,30H,6-7H2,1-2H3,(H2,26,28,31)/b13-8-,25-18?. The number of nitrogens with zero attached hydrogens (tertiary/aromatic N) is 5. The number of aromatic amines is 2. The number of aromatic nitrogens is 6. The maximum Gasteiger partial charge on any atom is 0.326 e. The van der Waals surface area contributed by atoms with E-state index in [1.54, 1.807) is 16.8 Å². The van der Waals surface area contributed by atoms with Gasteiger partial charge in [0, 0.05) is 17.0 Å². The van der Waals surface area contributed by atoms with Crippen LogP contribution in [0, 0.1) is 6.92 Å². The SMILES string of the molecule is Cc1cccc(C(C)Nc2cc(=NC3CC3)n3nc/c(=C/c4[nH]c(=O)[nH]c4O)c3n2)n1. The monoisotopic (exact) mass is 418 g/mol. The van der Waals surface area contributed by atoms with Crippen molar-refractivity contribution in [3.05, 3.63) is 68.7 Å². The first-order chi connectivity index (χ1) is 15.0. The Morgan fingerprint density at radius 1 is 1.32 bits per heavy atom. The van der Waals surface area contributed by atoms with E-state index in [1.807, 2.05) is 38.1 Å². The average Bonchev–Trinajstić information content (AvgIpc) is 3.37. The summed E-state index contributed by atoms with van der Waals surface area (Å²) in [6.07, 6.45) is 5.39. The van der Waals surface area contributed by atoms with Crippen LogP contribution in [0.15, 0.2) is 40.2 Å². The molecule has 4 heterocycles. The van der Waals surface area contributed by atoms with E-state index in [0.717, 1.165) is 24.2 Å². The molecule has 0 amide bonds. The molecule has 158 valence electrons. The molecule has 5 rings (SSSR count). The lowest BCUT2D eigenvalue weighted by Crippen LogP contribution is -2.21. The molecule has 0 saturated heterocycles. The molecule has 1 atom stereocenters. The summed E-state index contributed by atoms with van der Waals surface area (Å²) in [4.78, 5) is 30.4. The minimum atomic E-state index is -0.487. The molecular formula is C21H22N8O2. The van der Waals surface area contributed by atoms with Crippen molar-refractivity contribution in [1.29, 1.82) is 0 Å². The molecule has 1 aliphatic carbocycles. The summed E-state index contributed by atoms with van der Waals surface area (Å²) in [5.41, 5.74) is 2.91. The summed E-state index contributed by atoms with van der Waals surface area (Å²) < 4.78 is 1.67. The van der Waals surface area contributed by atoms with Crippen molar-refractivity contribution >= 4 is 17.5 Å². The Bertz CT molecular complexity index is 1440. The molecule has 0 spiro atoms. The molecule has 4 aromatic rings. The molecule has 4 N–H and O–H groups in total. The smallest absolute Gasteiger partial charge is 0.326 e. The number of aromatic hydroxyl groups is 1. The second kappa shape index (κ2) is 7.38. The summed E-state index contributed by atoms with van der Waals surface area (Å²) in [5.74, 6) is 0.408. The summed E-state index contributed by atoms with van der Waals surface area (Å²) in [6, 6.07) is 8.03. The van der Waals surface area contributed by atoms with Crippen molar-refractivity contribution in [3.8, 4) is 5.88 Å². The number of rotatable bonds is 5. The average molecular weight is 418 g/mol. The Labute approximate surface area is 176 Å². The quantitative estimate of drug-likeness (QED) is 0.381. The van der Waals surface area contributed by atoms with Gasteiger partial charge in [-0.3, -0.25) is 15.0 Å². The predicted octanol–water partition coefficient (Wildman–Crippen LogP) is 0.939. The van der Waals surface area contributed by atoms with Crippen LogP contribution in [0.4, 0.5) is 5.82 Å². The van der Waals surface area contributed by atoms with Gasteiger partial charge in [-0.1, -0.05) is 6.07 Å². The number of imidazole rings is 1. The number of fused-ring (bicyclic) bond motifs is 1. The molecule has 10 nitrogen and oxygen atoms in total. The van der Waals surface area contributed by atoms with Crippen LogP contribution in [0.25, 0.3) is 11.7 Å². The number of hydrogen-bond acceptors (Lipinski definition) is 7. The van der Waals surface area contributed by atoms with Crippen LogP contribution in [0.2, 0.25) is 0 Å². The molecule has 1 aliphatic rings. The molecule has 0 radical (unpaired) electrons. The Kier molecular flexibility index (Phi) is 4.54. The summed E-state index contributed by atoms with van der Waals surface area (Å²) in [7, 11) is 0. The predicted molar refractivity (Wildman–Crippen MR) is 114 cm³/mol. The van der Waals surface area contributed by atoms with Gasteiger partial charge >= 0.3 is 5.69 Å². The second-order valence-electron chi connectivity index (χ2n) is 7.75. The van der Waals surface area contributed by atoms with Gasteiger partial charge in [0.15, 0.2) is 11.1 Å². The van der Waals surface area contributed by atoms with Crippen molar-refractivity contribution in [1.82, 2.24) is 29.5 Å². The fourth-order valence-corrected chi connectivity index (χ4v) is 3.37. The highest BCUT2D eigenvalue weighted by molar-refractivity contribution is 5.58. The summed E-state index contributed by atoms with van der Waals surface area (Å²) in [6.45, 7) is 3.99. The Balaban J connectivity index is 1.62. The largest absolute Gasteiger partial charge is 0.493 e. The van der Waals surface area contributed by atoms with Crippen molar-refractivity contribution in [2.24, 2.45) is 4.99 Å². The van der Waals surface area contributed by atoms with Gasteiger partial charge in [0.25, 0.3) is 0 Å². The highest BCUT2D eigenvalue weighted by Crippen LogP contribution is 2.22. The van der Waals surface area contributed by atoms with E-state index in [9.17, 15) is 9.90 Å². The molecule has 10 heteroatoms. The van der Waals surface area contributed by atoms with E-state index in [1.165, 1.54) is 0 Å². The van der Waals surface area contributed by atoms with Crippen LogP contribution in [0.1, 0.15) is 42.9 Å². The summed E-state index contributed by atoms with van der Waals surface area (Å²) in [5, 5.41) is 18.4. The summed E-state index contributed by atoms with van der Waals surface area (Å²) >= 11 is 0. The minimum Gasteiger partial charge on any atom is -0.493 e. The molecule has 1 fully saturated rings. The zero-order valence-corrected chi connectivity index (χ0v) is 17.1. The number of nitrogens with one attached hydrogen (secondary N) is 3. The Morgan fingerprint density at radius 2 is 2.16 bits per heavy atom. The number of anilines is 1. The van der Waals surface area contributed by atoms with Crippen molar-refractivity contribution in [2.45, 2.75) is 38.8 Å². The molecule has 0 aromatic carbocycles. The van der Waals surface area contributed by atoms with Gasteiger partial charge < -0.3 is 15.4 Å². The van der Waals surface area contributed by atoms with Crippen LogP contribution in [0.5, 0.6) is 5.88 Å². The molecule has 0 bridgehead atoms. The normalized spacial score (nSPS) is 16.2. The van der Waals surface area contributed by atoms with Gasteiger partial charge in [-0.2, -0.15) is 9.61 Å².